The summed E-state index contributed by atoms with van der Waals surface area (Å²) in [6, 6.07) is 13.0. The number of aryl methyl sites for hydroxylation is 2. The second-order valence-corrected chi connectivity index (χ2v) is 10.3. The normalized spacial score (nSPS) is 17.9. The molecule has 1 N–H and O–H groups in total. The van der Waals surface area contributed by atoms with Crippen LogP contribution in [0, 0.1) is 19.8 Å². The number of amides is 3. The molecule has 170 valence electrons. The van der Waals surface area contributed by atoms with Gasteiger partial charge in [-0.15, -0.1) is 0 Å². The van der Waals surface area contributed by atoms with Gasteiger partial charge in [0.25, 0.3) is 11.8 Å². The van der Waals surface area contributed by atoms with Crippen LogP contribution in [0.15, 0.2) is 47.4 Å². The number of hydrogen-bond acceptors (Lipinski definition) is 5. The number of nitrogens with zero attached hydrogens (tertiary/aromatic N) is 2. The average molecular weight is 480 g/mol. The predicted octanol–water partition coefficient (Wildman–Crippen LogP) is 4.52. The van der Waals surface area contributed by atoms with Crippen molar-refractivity contribution in [2.45, 2.75) is 27.7 Å². The smallest absolute Gasteiger partial charge is 0.267 e. The van der Waals surface area contributed by atoms with Crippen LogP contribution in [-0.2, 0) is 14.4 Å². The Balaban J connectivity index is 1.64. The fraction of sp³-hybridized carbons (Fsp3) is 0.280. The summed E-state index contributed by atoms with van der Waals surface area (Å²) in [4.78, 5) is 42.8. The standard InChI is InChI=1S/C25H25N3O3S2/c1-14(2)12-28-24(31)22(33-25(28)32)21-17-7-5-6-8-19(17)27(23(21)30)13-20(29)26-18-10-9-15(3)11-16(18)4/h5-11,14H,12-13H2,1-4H3,(H,26,29). The van der Waals surface area contributed by atoms with Crippen molar-refractivity contribution < 1.29 is 14.4 Å². The maximum atomic E-state index is 13.5. The van der Waals surface area contributed by atoms with E-state index in [1.165, 1.54) is 4.90 Å². The summed E-state index contributed by atoms with van der Waals surface area (Å²) < 4.78 is 0.451. The molecule has 3 amide bonds. The van der Waals surface area contributed by atoms with E-state index in [9.17, 15) is 14.4 Å². The van der Waals surface area contributed by atoms with Crippen molar-refractivity contribution >= 4 is 63.0 Å². The Hall–Kier alpha value is -2.97. The van der Waals surface area contributed by atoms with E-state index in [1.54, 1.807) is 17.0 Å². The summed E-state index contributed by atoms with van der Waals surface area (Å²) in [5.74, 6) is -0.678. The minimum Gasteiger partial charge on any atom is -0.324 e. The number of anilines is 2. The van der Waals surface area contributed by atoms with Gasteiger partial charge in [-0.3, -0.25) is 24.2 Å². The van der Waals surface area contributed by atoms with Crippen LogP contribution in [0.3, 0.4) is 0 Å². The summed E-state index contributed by atoms with van der Waals surface area (Å²) in [5, 5.41) is 2.89. The number of hydrogen-bond donors (Lipinski definition) is 1. The third kappa shape index (κ3) is 4.45. The van der Waals surface area contributed by atoms with E-state index in [-0.39, 0.29) is 30.2 Å². The molecule has 0 saturated carbocycles. The number of carbonyl (C=O) groups excluding carboxylic acids is 3. The lowest BCUT2D eigenvalue weighted by molar-refractivity contribution is -0.122. The number of thioether (sulfide) groups is 1. The average Bonchev–Trinajstić information content (AvgIpc) is 3.17. The van der Waals surface area contributed by atoms with Crippen molar-refractivity contribution in [1.29, 1.82) is 0 Å². The Labute approximate surface area is 203 Å². The SMILES string of the molecule is Cc1ccc(NC(=O)CN2C(=O)C(=C3SC(=S)N(CC(C)C)C3=O)c3ccccc32)c(C)c1. The molecular weight excluding hydrogens is 454 g/mol. The molecule has 2 aliphatic heterocycles. The van der Waals surface area contributed by atoms with Gasteiger partial charge in [-0.1, -0.05) is 73.7 Å². The van der Waals surface area contributed by atoms with Crippen LogP contribution >= 0.6 is 24.0 Å². The number of thiocarbonyl (C=S) groups is 1. The topological polar surface area (TPSA) is 69.7 Å². The number of carbonyl (C=O) groups is 3. The monoisotopic (exact) mass is 479 g/mol. The third-order valence-corrected chi connectivity index (χ3v) is 6.95. The molecule has 0 spiro atoms. The second kappa shape index (κ2) is 9.11. The highest BCUT2D eigenvalue weighted by Gasteiger charge is 2.42. The largest absolute Gasteiger partial charge is 0.324 e. The molecule has 2 heterocycles. The summed E-state index contributed by atoms with van der Waals surface area (Å²) >= 11 is 6.58. The zero-order valence-corrected chi connectivity index (χ0v) is 20.6. The number of fused-ring (bicyclic) bond motifs is 1. The third-order valence-electron chi connectivity index (χ3n) is 5.50. The van der Waals surface area contributed by atoms with Crippen LogP contribution < -0.4 is 10.2 Å². The van der Waals surface area contributed by atoms with E-state index in [0.29, 0.717) is 38.3 Å². The fourth-order valence-corrected chi connectivity index (χ4v) is 5.36. The maximum absolute atomic E-state index is 13.5. The summed E-state index contributed by atoms with van der Waals surface area (Å²) in [6.45, 7) is 8.29. The van der Waals surface area contributed by atoms with Crippen molar-refractivity contribution in [3.05, 3.63) is 64.1 Å². The fourth-order valence-electron chi connectivity index (χ4n) is 4.02. The Morgan fingerprint density at radius 3 is 2.48 bits per heavy atom. The van der Waals surface area contributed by atoms with E-state index < -0.39 is 0 Å². The van der Waals surface area contributed by atoms with Gasteiger partial charge >= 0.3 is 0 Å². The highest BCUT2D eigenvalue weighted by atomic mass is 32.2. The molecule has 2 aromatic rings. The van der Waals surface area contributed by atoms with Gasteiger partial charge in [0.2, 0.25) is 5.91 Å². The molecule has 0 atom stereocenters. The van der Waals surface area contributed by atoms with E-state index in [4.69, 9.17) is 12.2 Å². The molecule has 0 radical (unpaired) electrons. The zero-order valence-electron chi connectivity index (χ0n) is 19.0. The van der Waals surface area contributed by atoms with Crippen molar-refractivity contribution in [3.8, 4) is 0 Å². The van der Waals surface area contributed by atoms with Crippen LogP contribution in [-0.4, -0.2) is 40.0 Å². The lowest BCUT2D eigenvalue weighted by atomic mass is 10.1. The highest BCUT2D eigenvalue weighted by molar-refractivity contribution is 8.26. The minimum atomic E-state index is -0.364. The number of nitrogens with one attached hydrogen (secondary N) is 1. The number of rotatable bonds is 5. The lowest BCUT2D eigenvalue weighted by Crippen LogP contribution is -2.36. The molecule has 4 rings (SSSR count). The Morgan fingerprint density at radius 2 is 1.79 bits per heavy atom. The van der Waals surface area contributed by atoms with Gasteiger partial charge in [-0.2, -0.15) is 0 Å². The van der Waals surface area contributed by atoms with E-state index >= 15 is 0 Å². The maximum Gasteiger partial charge on any atom is 0.267 e. The number of benzene rings is 2. The van der Waals surface area contributed by atoms with Gasteiger partial charge in [0.15, 0.2) is 0 Å². The summed E-state index contributed by atoms with van der Waals surface area (Å²) in [7, 11) is 0. The van der Waals surface area contributed by atoms with Crippen molar-refractivity contribution in [2.75, 3.05) is 23.3 Å². The van der Waals surface area contributed by atoms with Crippen molar-refractivity contribution in [2.24, 2.45) is 5.92 Å². The molecule has 0 aromatic heterocycles. The van der Waals surface area contributed by atoms with Gasteiger partial charge in [-0.25, -0.2) is 0 Å². The van der Waals surface area contributed by atoms with Crippen LogP contribution in [0.1, 0.15) is 30.5 Å². The van der Waals surface area contributed by atoms with Gasteiger partial charge in [-0.05, 0) is 37.5 Å². The second-order valence-electron chi connectivity index (χ2n) is 8.66. The first-order chi connectivity index (χ1) is 15.7. The molecule has 33 heavy (non-hydrogen) atoms. The summed E-state index contributed by atoms with van der Waals surface area (Å²) in [6.07, 6.45) is 0. The molecule has 0 bridgehead atoms. The first-order valence-electron chi connectivity index (χ1n) is 10.7. The first-order valence-corrected chi connectivity index (χ1v) is 12.0. The molecule has 0 aliphatic carbocycles. The Bertz CT molecular complexity index is 1220. The molecule has 1 fully saturated rings. The van der Waals surface area contributed by atoms with Gasteiger partial charge < -0.3 is 5.32 Å². The lowest BCUT2D eigenvalue weighted by Gasteiger charge is -2.17. The molecule has 2 aliphatic rings. The Morgan fingerprint density at radius 1 is 1.06 bits per heavy atom. The molecule has 8 heteroatoms. The van der Waals surface area contributed by atoms with Crippen LogP contribution in [0.4, 0.5) is 11.4 Å². The van der Waals surface area contributed by atoms with Gasteiger partial charge in [0.1, 0.15) is 10.9 Å². The van der Waals surface area contributed by atoms with E-state index in [2.05, 4.69) is 5.32 Å². The van der Waals surface area contributed by atoms with Crippen molar-refractivity contribution in [3.63, 3.8) is 0 Å². The predicted molar refractivity (Wildman–Crippen MR) is 137 cm³/mol. The van der Waals surface area contributed by atoms with Crippen LogP contribution in [0.5, 0.6) is 0 Å². The highest BCUT2D eigenvalue weighted by Crippen LogP contribution is 2.44. The zero-order chi connectivity index (χ0) is 23.9. The Kier molecular flexibility index (Phi) is 6.41. The summed E-state index contributed by atoms with van der Waals surface area (Å²) in [5.41, 5.74) is 4.34. The number of para-hydroxylation sites is 1. The first kappa shape index (κ1) is 23.2. The van der Waals surface area contributed by atoms with E-state index in [1.807, 2.05) is 58.0 Å². The van der Waals surface area contributed by atoms with Gasteiger partial charge in [0, 0.05) is 17.8 Å². The van der Waals surface area contributed by atoms with Crippen LogP contribution in [0.25, 0.3) is 5.57 Å². The molecule has 2 aromatic carbocycles. The minimum absolute atomic E-state index is 0.154. The molecule has 0 unspecified atom stereocenters. The molecule has 1 saturated heterocycles. The van der Waals surface area contributed by atoms with Gasteiger partial charge in [0.05, 0.1) is 16.2 Å². The van der Waals surface area contributed by atoms with Crippen molar-refractivity contribution in [1.82, 2.24) is 4.90 Å². The molecule has 6 nitrogen and oxygen atoms in total. The van der Waals surface area contributed by atoms with Crippen LogP contribution in [0.2, 0.25) is 0 Å². The molecular formula is C25H25N3O3S2. The quantitative estimate of drug-likeness (QED) is 0.505. The van der Waals surface area contributed by atoms with E-state index in [0.717, 1.165) is 22.9 Å².